The van der Waals surface area contributed by atoms with Crippen LogP contribution in [-0.4, -0.2) is 25.8 Å². The van der Waals surface area contributed by atoms with Gasteiger partial charge in [-0.15, -0.1) is 0 Å². The van der Waals surface area contributed by atoms with Crippen LogP contribution in [0.5, 0.6) is 0 Å². The standard InChI is InChI=1S/C50H46N6/c1-26-20-29(4)45(30(5)21-26)48-38-13-11-36(53-38)35(10-19-44(51)52)37-12-14-39(54-37)49(46-31(6)22-27(2)23-32(46)7)41-16-18-43(56-41)50(42-17-15-40(48)55-42)47-33(8)24-28(3)25-34(47)9/h11-18,20-25,53,56H,1-9H3,(H3,51,52). The third kappa shape index (κ3) is 6.35. The summed E-state index contributed by atoms with van der Waals surface area (Å²) in [6.45, 7) is 19.5. The van der Waals surface area contributed by atoms with E-state index in [4.69, 9.17) is 21.1 Å². The number of hydrogen-bond acceptors (Lipinski definition) is 3. The van der Waals surface area contributed by atoms with Gasteiger partial charge in [-0.25, -0.2) is 9.97 Å². The summed E-state index contributed by atoms with van der Waals surface area (Å²) in [5.74, 6) is 5.80. The summed E-state index contributed by atoms with van der Waals surface area (Å²) in [5, 5.41) is 7.98. The Hall–Kier alpha value is -6.71. The molecule has 6 aromatic rings. The lowest BCUT2D eigenvalue weighted by Crippen LogP contribution is -2.05. The Morgan fingerprint density at radius 2 is 0.768 bits per heavy atom. The normalized spacial score (nSPS) is 11.9. The number of nitrogens with zero attached hydrogens (tertiary/aromatic N) is 2. The molecule has 0 atom stereocenters. The first kappa shape index (κ1) is 36.3. The number of nitrogens with two attached hydrogens (primary N) is 1. The number of amidine groups is 1. The van der Waals surface area contributed by atoms with Crippen LogP contribution in [0.2, 0.25) is 0 Å². The molecule has 0 radical (unpaired) electrons. The molecule has 0 saturated carbocycles. The second-order valence-electron chi connectivity index (χ2n) is 15.5. The third-order valence-electron chi connectivity index (χ3n) is 10.9. The van der Waals surface area contributed by atoms with Crippen molar-refractivity contribution in [3.05, 3.63) is 139 Å². The molecular weight excluding hydrogens is 685 g/mol. The van der Waals surface area contributed by atoms with Gasteiger partial charge in [-0.2, -0.15) is 0 Å². The Balaban J connectivity index is 1.63. The van der Waals surface area contributed by atoms with Crippen LogP contribution < -0.4 is 5.73 Å². The summed E-state index contributed by atoms with van der Waals surface area (Å²) in [5.41, 5.74) is 30.6. The Morgan fingerprint density at radius 1 is 0.464 bits per heavy atom. The molecule has 6 nitrogen and oxygen atoms in total. The van der Waals surface area contributed by atoms with Crippen molar-refractivity contribution in [3.63, 3.8) is 0 Å². The number of benzene rings is 3. The van der Waals surface area contributed by atoms with Crippen molar-refractivity contribution < 1.29 is 0 Å². The summed E-state index contributed by atoms with van der Waals surface area (Å²) >= 11 is 0. The average molecular weight is 731 g/mol. The van der Waals surface area contributed by atoms with Crippen LogP contribution >= 0.6 is 0 Å². The molecule has 0 unspecified atom stereocenters. The number of rotatable bonds is 3. The van der Waals surface area contributed by atoms with E-state index < -0.39 is 0 Å². The Bertz CT molecular complexity index is 2860. The van der Waals surface area contributed by atoms with Crippen LogP contribution in [0, 0.1) is 79.6 Å². The number of aromatic amines is 2. The van der Waals surface area contributed by atoms with E-state index in [1.807, 2.05) is 12.1 Å². The zero-order chi connectivity index (χ0) is 39.6. The van der Waals surface area contributed by atoms with E-state index >= 15 is 0 Å². The first-order valence-corrected chi connectivity index (χ1v) is 19.0. The smallest absolute Gasteiger partial charge is 0.168 e. The minimum atomic E-state index is -0.210. The maximum absolute atomic E-state index is 7.98. The van der Waals surface area contributed by atoms with Crippen LogP contribution in [0.1, 0.15) is 78.4 Å². The number of aromatic nitrogens is 4. The molecule has 0 amide bonds. The largest absolute Gasteiger partial charge is 0.377 e. The number of nitrogens with one attached hydrogen (secondary N) is 3. The monoisotopic (exact) mass is 730 g/mol. The molecule has 3 aromatic heterocycles. The fraction of sp³-hybridized carbons (Fsp3) is 0.180. The quantitative estimate of drug-likeness (QED) is 0.0825. The number of fused-ring (bicyclic) bond motifs is 8. The zero-order valence-electron chi connectivity index (χ0n) is 33.6. The summed E-state index contributed by atoms with van der Waals surface area (Å²) in [6, 6.07) is 21.9. The van der Waals surface area contributed by atoms with E-state index in [0.717, 1.165) is 67.0 Å². The van der Waals surface area contributed by atoms with Crippen molar-refractivity contribution in [2.45, 2.75) is 62.3 Å². The average Bonchev–Trinajstić information content (AvgIpc) is 3.94. The fourth-order valence-corrected chi connectivity index (χ4v) is 8.98. The van der Waals surface area contributed by atoms with Gasteiger partial charge in [-0.1, -0.05) is 59.0 Å². The van der Waals surface area contributed by atoms with Gasteiger partial charge in [0, 0.05) is 33.2 Å². The molecule has 3 aromatic carbocycles. The van der Waals surface area contributed by atoms with E-state index in [-0.39, 0.29) is 5.84 Å². The van der Waals surface area contributed by atoms with E-state index in [0.29, 0.717) is 11.3 Å². The number of hydrogen-bond donors (Lipinski definition) is 4. The van der Waals surface area contributed by atoms with Crippen LogP contribution in [0.4, 0.5) is 0 Å². The van der Waals surface area contributed by atoms with E-state index in [2.05, 4.69) is 157 Å². The van der Waals surface area contributed by atoms with Gasteiger partial charge in [0.25, 0.3) is 0 Å². The first-order chi connectivity index (χ1) is 26.8. The summed E-state index contributed by atoms with van der Waals surface area (Å²) < 4.78 is 0. The fourth-order valence-electron chi connectivity index (χ4n) is 8.98. The van der Waals surface area contributed by atoms with Gasteiger partial charge >= 0.3 is 0 Å². The second kappa shape index (κ2) is 13.9. The maximum Gasteiger partial charge on any atom is 0.168 e. The topological polar surface area (TPSA) is 107 Å². The van der Waals surface area contributed by atoms with Gasteiger partial charge < -0.3 is 15.7 Å². The van der Waals surface area contributed by atoms with Crippen LogP contribution in [-0.2, 0) is 0 Å². The van der Waals surface area contributed by atoms with E-state index in [1.54, 1.807) is 0 Å². The first-order valence-electron chi connectivity index (χ1n) is 19.0. The van der Waals surface area contributed by atoms with Crippen LogP contribution in [0.15, 0.2) is 60.7 Å². The zero-order valence-corrected chi connectivity index (χ0v) is 33.6. The Kier molecular flexibility index (Phi) is 8.97. The second-order valence-corrected chi connectivity index (χ2v) is 15.5. The van der Waals surface area contributed by atoms with Gasteiger partial charge in [0.15, 0.2) is 5.84 Å². The molecule has 6 heteroatoms. The summed E-state index contributed by atoms with van der Waals surface area (Å²) in [7, 11) is 0. The van der Waals surface area contributed by atoms with Crippen LogP contribution in [0.3, 0.4) is 0 Å². The van der Waals surface area contributed by atoms with Gasteiger partial charge in [0.05, 0.1) is 33.9 Å². The highest BCUT2D eigenvalue weighted by Crippen LogP contribution is 2.41. The van der Waals surface area contributed by atoms with Crippen molar-refractivity contribution >= 4 is 52.2 Å². The SMILES string of the molecule is Cc1cc(C)c(-c2c3nc(c(-c4c(C)cc(C)cc4C)c4ccc([nH]4)c(-c4c(C)cc(C)cc4C)c4nc(c(C#CC(=N)N)c5ccc2[nH]5)C=C4)C=C3)c(C)c1. The van der Waals surface area contributed by atoms with Gasteiger partial charge in [0.2, 0.25) is 0 Å². The molecule has 0 aliphatic carbocycles. The molecule has 8 bridgehead atoms. The van der Waals surface area contributed by atoms with E-state index in [9.17, 15) is 0 Å². The number of H-pyrrole nitrogens is 2. The molecule has 56 heavy (non-hydrogen) atoms. The van der Waals surface area contributed by atoms with Crippen molar-refractivity contribution in [1.29, 1.82) is 5.41 Å². The third-order valence-corrected chi connectivity index (χ3v) is 10.9. The molecule has 5 N–H and O–H groups in total. The molecule has 2 aliphatic heterocycles. The van der Waals surface area contributed by atoms with Crippen molar-refractivity contribution in [2.24, 2.45) is 5.73 Å². The Morgan fingerprint density at radius 3 is 1.12 bits per heavy atom. The van der Waals surface area contributed by atoms with Crippen LogP contribution in [0.25, 0.3) is 79.8 Å². The minimum Gasteiger partial charge on any atom is -0.377 e. The highest BCUT2D eigenvalue weighted by atomic mass is 14.8. The molecule has 8 rings (SSSR count). The van der Waals surface area contributed by atoms with Crippen molar-refractivity contribution in [3.8, 4) is 45.2 Å². The van der Waals surface area contributed by atoms with Crippen molar-refractivity contribution in [2.75, 3.05) is 0 Å². The van der Waals surface area contributed by atoms with E-state index in [1.165, 1.54) is 55.6 Å². The van der Waals surface area contributed by atoms with Gasteiger partial charge in [0.1, 0.15) is 0 Å². The molecule has 2 aliphatic rings. The molecule has 0 saturated heterocycles. The summed E-state index contributed by atoms with van der Waals surface area (Å²) in [6.07, 6.45) is 8.39. The lowest BCUT2D eigenvalue weighted by atomic mass is 9.92. The maximum atomic E-state index is 7.98. The molecule has 5 heterocycles. The Labute approximate surface area is 328 Å². The number of aryl methyl sites for hydroxylation is 9. The molecular formula is C50H46N6. The van der Waals surface area contributed by atoms with Crippen molar-refractivity contribution in [1.82, 2.24) is 19.9 Å². The molecule has 0 fully saturated rings. The highest BCUT2D eigenvalue weighted by molar-refractivity contribution is 6.01. The predicted octanol–water partition coefficient (Wildman–Crippen LogP) is 11.7. The molecule has 0 spiro atoms. The van der Waals surface area contributed by atoms with Gasteiger partial charge in [-0.05, 0) is 167 Å². The lowest BCUT2D eigenvalue weighted by Gasteiger charge is -2.14. The predicted molar refractivity (Wildman–Crippen MR) is 237 cm³/mol. The summed E-state index contributed by atoms with van der Waals surface area (Å²) in [4.78, 5) is 18.5. The molecule has 276 valence electrons. The lowest BCUT2D eigenvalue weighted by molar-refractivity contribution is 1.27. The van der Waals surface area contributed by atoms with Gasteiger partial charge in [-0.3, -0.25) is 5.41 Å². The highest BCUT2D eigenvalue weighted by Gasteiger charge is 2.22. The minimum absolute atomic E-state index is 0.210.